The molecular formula is C20H31N. The van der Waals surface area contributed by atoms with Crippen molar-refractivity contribution in [1.29, 1.82) is 0 Å². The summed E-state index contributed by atoms with van der Waals surface area (Å²) in [4.78, 5) is 0. The van der Waals surface area contributed by atoms with Crippen LogP contribution in [0.1, 0.15) is 76.2 Å². The van der Waals surface area contributed by atoms with E-state index in [1.54, 1.807) is 5.56 Å². The second-order valence-corrected chi connectivity index (χ2v) is 7.31. The third-order valence-corrected chi connectivity index (χ3v) is 5.85. The highest BCUT2D eigenvalue weighted by atomic mass is 15.0. The second-order valence-electron chi connectivity index (χ2n) is 7.31. The lowest BCUT2D eigenvalue weighted by atomic mass is 9.80. The normalized spacial score (nSPS) is 29.2. The van der Waals surface area contributed by atoms with Crippen molar-refractivity contribution in [3.05, 3.63) is 35.9 Å². The lowest BCUT2D eigenvalue weighted by Crippen LogP contribution is -2.43. The van der Waals surface area contributed by atoms with E-state index in [4.69, 9.17) is 0 Å². The molecule has 2 aliphatic rings. The number of hydrogen-bond acceptors (Lipinski definition) is 1. The molecule has 1 unspecified atom stereocenters. The van der Waals surface area contributed by atoms with Crippen molar-refractivity contribution < 1.29 is 0 Å². The van der Waals surface area contributed by atoms with Gasteiger partial charge in [0.1, 0.15) is 0 Å². The van der Waals surface area contributed by atoms with Crippen LogP contribution in [0.3, 0.4) is 0 Å². The Labute approximate surface area is 130 Å². The Balaban J connectivity index is 1.45. The van der Waals surface area contributed by atoms with Gasteiger partial charge in [0.25, 0.3) is 0 Å². The molecule has 2 fully saturated rings. The van der Waals surface area contributed by atoms with Gasteiger partial charge >= 0.3 is 0 Å². The highest BCUT2D eigenvalue weighted by Gasteiger charge is 2.26. The molecule has 2 saturated carbocycles. The number of rotatable bonds is 4. The topological polar surface area (TPSA) is 12.0 Å². The molecule has 0 spiro atoms. The first-order chi connectivity index (χ1) is 10.3. The van der Waals surface area contributed by atoms with Crippen molar-refractivity contribution in [3.63, 3.8) is 0 Å². The van der Waals surface area contributed by atoms with Gasteiger partial charge in [-0.25, -0.2) is 0 Å². The summed E-state index contributed by atoms with van der Waals surface area (Å²) in [5.41, 5.74) is 1.55. The van der Waals surface area contributed by atoms with Gasteiger partial charge in [-0.05, 0) is 62.8 Å². The van der Waals surface area contributed by atoms with Crippen molar-refractivity contribution >= 4 is 0 Å². The van der Waals surface area contributed by atoms with Gasteiger partial charge < -0.3 is 5.32 Å². The quantitative estimate of drug-likeness (QED) is 0.794. The number of hydrogen-bond donors (Lipinski definition) is 1. The Hall–Kier alpha value is -0.820. The van der Waals surface area contributed by atoms with Crippen LogP contribution in [0.5, 0.6) is 0 Å². The van der Waals surface area contributed by atoms with E-state index >= 15 is 0 Å². The lowest BCUT2D eigenvalue weighted by Gasteiger charge is -2.35. The highest BCUT2D eigenvalue weighted by molar-refractivity contribution is 5.20. The zero-order valence-electron chi connectivity index (χ0n) is 13.6. The van der Waals surface area contributed by atoms with E-state index in [2.05, 4.69) is 42.6 Å². The van der Waals surface area contributed by atoms with Crippen LogP contribution in [0.25, 0.3) is 0 Å². The molecule has 0 aliphatic heterocycles. The predicted octanol–water partition coefficient (Wildman–Crippen LogP) is 5.27. The van der Waals surface area contributed by atoms with Crippen LogP contribution < -0.4 is 5.32 Å². The van der Waals surface area contributed by atoms with E-state index in [1.807, 2.05) is 0 Å². The summed E-state index contributed by atoms with van der Waals surface area (Å²) >= 11 is 0. The van der Waals surface area contributed by atoms with E-state index in [0.717, 1.165) is 23.9 Å². The maximum Gasteiger partial charge on any atom is 0.00700 e. The monoisotopic (exact) mass is 285 g/mol. The fourth-order valence-electron chi connectivity index (χ4n) is 4.46. The summed E-state index contributed by atoms with van der Waals surface area (Å²) < 4.78 is 0. The molecule has 1 nitrogen and oxygen atoms in total. The Morgan fingerprint density at radius 1 is 0.857 bits per heavy atom. The highest BCUT2D eigenvalue weighted by Crippen LogP contribution is 2.34. The summed E-state index contributed by atoms with van der Waals surface area (Å²) in [6.45, 7) is 2.43. The van der Waals surface area contributed by atoms with Gasteiger partial charge in [0.2, 0.25) is 0 Å². The molecule has 1 aromatic rings. The zero-order chi connectivity index (χ0) is 14.5. The average Bonchev–Trinajstić information content (AvgIpc) is 2.57. The smallest absolute Gasteiger partial charge is 0.00700 e. The molecular weight excluding hydrogens is 254 g/mol. The van der Waals surface area contributed by atoms with Crippen molar-refractivity contribution in [2.24, 2.45) is 5.92 Å². The third kappa shape index (κ3) is 4.10. The number of nitrogens with one attached hydrogen (secondary N) is 1. The van der Waals surface area contributed by atoms with E-state index in [-0.39, 0.29) is 0 Å². The Morgan fingerprint density at radius 2 is 1.52 bits per heavy atom. The average molecular weight is 285 g/mol. The fourth-order valence-corrected chi connectivity index (χ4v) is 4.46. The van der Waals surface area contributed by atoms with Gasteiger partial charge in [-0.1, -0.05) is 49.6 Å². The molecule has 1 atom stereocenters. The molecule has 116 valence electrons. The first-order valence-electron chi connectivity index (χ1n) is 9.14. The molecule has 1 aromatic carbocycles. The van der Waals surface area contributed by atoms with Crippen LogP contribution in [-0.2, 0) is 0 Å². The lowest BCUT2D eigenvalue weighted by molar-refractivity contribution is 0.237. The van der Waals surface area contributed by atoms with Crippen LogP contribution in [0.15, 0.2) is 30.3 Å². The molecule has 1 N–H and O–H groups in total. The molecule has 3 rings (SSSR count). The molecule has 0 saturated heterocycles. The van der Waals surface area contributed by atoms with Crippen molar-refractivity contribution in [1.82, 2.24) is 5.32 Å². The first-order valence-corrected chi connectivity index (χ1v) is 9.14. The van der Waals surface area contributed by atoms with Gasteiger partial charge in [-0.15, -0.1) is 0 Å². The molecule has 0 bridgehead atoms. The largest absolute Gasteiger partial charge is 0.311 e. The minimum atomic E-state index is 0.726. The minimum absolute atomic E-state index is 0.726. The molecule has 1 heteroatoms. The summed E-state index contributed by atoms with van der Waals surface area (Å²) in [6.07, 6.45) is 12.7. The van der Waals surface area contributed by atoms with E-state index in [9.17, 15) is 0 Å². The van der Waals surface area contributed by atoms with Gasteiger partial charge in [-0.2, -0.15) is 0 Å². The van der Waals surface area contributed by atoms with Crippen LogP contribution in [0.2, 0.25) is 0 Å². The Bertz CT molecular complexity index is 399. The van der Waals surface area contributed by atoms with Crippen LogP contribution >= 0.6 is 0 Å². The first kappa shape index (κ1) is 15.1. The molecule has 0 amide bonds. The summed E-state index contributed by atoms with van der Waals surface area (Å²) in [5, 5.41) is 3.96. The second kappa shape index (κ2) is 7.45. The van der Waals surface area contributed by atoms with Gasteiger partial charge in [0.15, 0.2) is 0 Å². The van der Waals surface area contributed by atoms with Crippen LogP contribution in [0, 0.1) is 5.92 Å². The molecule has 0 aromatic heterocycles. The molecule has 0 heterocycles. The van der Waals surface area contributed by atoms with Crippen LogP contribution in [-0.4, -0.2) is 12.1 Å². The summed E-state index contributed by atoms with van der Waals surface area (Å²) in [6, 6.07) is 12.6. The van der Waals surface area contributed by atoms with E-state index in [0.29, 0.717) is 0 Å². The molecule has 21 heavy (non-hydrogen) atoms. The van der Waals surface area contributed by atoms with Crippen molar-refractivity contribution in [3.8, 4) is 0 Å². The summed E-state index contributed by atoms with van der Waals surface area (Å²) in [5.74, 6) is 1.74. The van der Waals surface area contributed by atoms with Crippen molar-refractivity contribution in [2.45, 2.75) is 82.7 Å². The fraction of sp³-hybridized carbons (Fsp3) is 0.700. The standard InChI is InChI=1S/C20H31N/c1-16(17-8-4-2-5-9-17)21-20-14-12-19(13-15-20)18-10-6-3-7-11-18/h3,6-7,10-11,16-17,19-21H,2,4-5,8-9,12-15H2,1H3. The van der Waals surface area contributed by atoms with Gasteiger partial charge in [0, 0.05) is 12.1 Å². The Morgan fingerprint density at radius 3 is 2.19 bits per heavy atom. The maximum atomic E-state index is 3.96. The van der Waals surface area contributed by atoms with Crippen LogP contribution in [0.4, 0.5) is 0 Å². The molecule has 2 aliphatic carbocycles. The van der Waals surface area contributed by atoms with Crippen molar-refractivity contribution in [2.75, 3.05) is 0 Å². The predicted molar refractivity (Wildman–Crippen MR) is 90.6 cm³/mol. The SMILES string of the molecule is CC(NC1CCC(c2ccccc2)CC1)C1CCCCC1. The maximum absolute atomic E-state index is 3.96. The number of benzene rings is 1. The Kier molecular flexibility index (Phi) is 5.35. The minimum Gasteiger partial charge on any atom is -0.311 e. The molecule has 0 radical (unpaired) electrons. The van der Waals surface area contributed by atoms with E-state index in [1.165, 1.54) is 57.8 Å². The third-order valence-electron chi connectivity index (χ3n) is 5.85. The van der Waals surface area contributed by atoms with E-state index < -0.39 is 0 Å². The zero-order valence-corrected chi connectivity index (χ0v) is 13.6. The van der Waals surface area contributed by atoms with Gasteiger partial charge in [-0.3, -0.25) is 0 Å². The van der Waals surface area contributed by atoms with Gasteiger partial charge in [0.05, 0.1) is 0 Å². The summed E-state index contributed by atoms with van der Waals surface area (Å²) in [7, 11) is 0.